The fraction of sp³-hybridized carbons (Fsp3) is 0.517. The molecule has 2 heterocycles. The third kappa shape index (κ3) is 8.54. The number of ketones is 2. The first-order valence-electron chi connectivity index (χ1n) is 13.3. The molecule has 0 saturated heterocycles. The molecule has 3 atom stereocenters. The molecule has 3 rings (SSSR count). The predicted octanol–water partition coefficient (Wildman–Crippen LogP) is 3.40. The van der Waals surface area contributed by atoms with Gasteiger partial charge in [0.15, 0.2) is 5.78 Å². The molecule has 1 aromatic carbocycles. The van der Waals surface area contributed by atoms with E-state index in [0.29, 0.717) is 12.8 Å². The number of carbonyl (C=O) groups excluding carboxylic acids is 5. The van der Waals surface area contributed by atoms with Gasteiger partial charge in [-0.25, -0.2) is 4.98 Å². The van der Waals surface area contributed by atoms with E-state index < -0.39 is 41.4 Å². The molecule has 10 heteroatoms. The first-order chi connectivity index (χ1) is 18.6. The standard InChI is InChI=1S/C29H37N3O6S/c1-17(2)21(13-25(34)38-15-19-8-6-5-7-9-19)28(36)32-26(18(3)4)23(33)12-20-10-11-24-22(31-16-39-24)14-30-29(37)27(20)35/h5-9,16-18,20-21,26H,10-15H2,1-4H3,(H,30,37)(H,32,36). The van der Waals surface area contributed by atoms with Crippen LogP contribution in [0.5, 0.6) is 0 Å². The van der Waals surface area contributed by atoms with Gasteiger partial charge < -0.3 is 15.4 Å². The van der Waals surface area contributed by atoms with Crippen LogP contribution in [0.4, 0.5) is 0 Å². The monoisotopic (exact) mass is 555 g/mol. The summed E-state index contributed by atoms with van der Waals surface area (Å²) < 4.78 is 5.37. The molecule has 0 spiro atoms. The molecule has 39 heavy (non-hydrogen) atoms. The summed E-state index contributed by atoms with van der Waals surface area (Å²) in [5.41, 5.74) is 3.29. The topological polar surface area (TPSA) is 132 Å². The second kappa shape index (κ2) is 14.1. The van der Waals surface area contributed by atoms with Crippen molar-refractivity contribution in [3.8, 4) is 0 Å². The number of ether oxygens (including phenoxy) is 1. The number of amides is 2. The largest absolute Gasteiger partial charge is 0.461 e. The number of carbonyl (C=O) groups is 5. The minimum atomic E-state index is -0.860. The average molecular weight is 556 g/mol. The minimum Gasteiger partial charge on any atom is -0.461 e. The summed E-state index contributed by atoms with van der Waals surface area (Å²) in [5.74, 6) is -4.50. The first kappa shape index (κ1) is 30.1. The van der Waals surface area contributed by atoms with E-state index in [0.717, 1.165) is 16.1 Å². The van der Waals surface area contributed by atoms with Gasteiger partial charge in [-0.05, 0) is 30.2 Å². The van der Waals surface area contributed by atoms with Gasteiger partial charge in [-0.2, -0.15) is 0 Å². The molecule has 0 fully saturated rings. The molecule has 9 nitrogen and oxygen atoms in total. The van der Waals surface area contributed by atoms with Crippen molar-refractivity contribution < 1.29 is 28.7 Å². The second-order valence-corrected chi connectivity index (χ2v) is 11.5. The Morgan fingerprint density at radius 3 is 2.49 bits per heavy atom. The quantitative estimate of drug-likeness (QED) is 0.321. The van der Waals surface area contributed by atoms with E-state index in [1.807, 2.05) is 58.0 Å². The number of Topliss-reactive ketones (excluding diaryl/α,β-unsaturated/α-hetero) is 2. The van der Waals surface area contributed by atoms with Gasteiger partial charge in [0.05, 0.1) is 36.1 Å². The maximum atomic E-state index is 13.4. The summed E-state index contributed by atoms with van der Waals surface area (Å²) >= 11 is 1.46. The summed E-state index contributed by atoms with van der Waals surface area (Å²) in [5, 5.41) is 5.43. The van der Waals surface area contributed by atoms with Crippen LogP contribution < -0.4 is 10.6 Å². The zero-order chi connectivity index (χ0) is 28.5. The molecule has 1 aliphatic rings. The maximum Gasteiger partial charge on any atom is 0.306 e. The van der Waals surface area contributed by atoms with Crippen molar-refractivity contribution in [1.29, 1.82) is 0 Å². The summed E-state index contributed by atoms with van der Waals surface area (Å²) in [7, 11) is 0. The molecule has 0 radical (unpaired) electrons. The third-order valence-corrected chi connectivity index (χ3v) is 7.92. The van der Waals surface area contributed by atoms with Gasteiger partial charge >= 0.3 is 5.97 Å². The lowest BCUT2D eigenvalue weighted by molar-refractivity contribution is -0.149. The number of hydrogen-bond acceptors (Lipinski definition) is 8. The van der Waals surface area contributed by atoms with E-state index in [4.69, 9.17) is 4.74 Å². The Bertz CT molecular complexity index is 1180. The molecule has 2 amide bonds. The van der Waals surface area contributed by atoms with Crippen LogP contribution in [-0.2, 0) is 48.3 Å². The minimum absolute atomic E-state index is 0.116. The van der Waals surface area contributed by atoms with Crippen LogP contribution >= 0.6 is 11.3 Å². The van der Waals surface area contributed by atoms with Crippen molar-refractivity contribution in [2.45, 2.75) is 72.6 Å². The fourth-order valence-electron chi connectivity index (χ4n) is 4.57. The molecule has 3 unspecified atom stereocenters. The number of benzene rings is 1. The van der Waals surface area contributed by atoms with E-state index in [9.17, 15) is 24.0 Å². The highest BCUT2D eigenvalue weighted by Gasteiger charge is 2.35. The van der Waals surface area contributed by atoms with E-state index >= 15 is 0 Å². The SMILES string of the molecule is CC(C)C(CC(=O)OCc1ccccc1)C(=O)NC(C(=O)CC1CCc2scnc2CNC(=O)C1=O)C(C)C. The van der Waals surface area contributed by atoms with Crippen molar-refractivity contribution in [3.05, 3.63) is 52.0 Å². The summed E-state index contributed by atoms with van der Waals surface area (Å²) in [6.45, 7) is 7.59. The number of aromatic nitrogens is 1. The Labute approximate surface area is 233 Å². The highest BCUT2D eigenvalue weighted by atomic mass is 32.1. The Balaban J connectivity index is 1.64. The zero-order valence-corrected chi connectivity index (χ0v) is 23.7. The third-order valence-electron chi connectivity index (χ3n) is 6.99. The smallest absolute Gasteiger partial charge is 0.306 e. The fourth-order valence-corrected chi connectivity index (χ4v) is 5.37. The predicted molar refractivity (Wildman–Crippen MR) is 146 cm³/mol. The molecule has 210 valence electrons. The molecule has 1 aromatic heterocycles. The van der Waals surface area contributed by atoms with Crippen molar-refractivity contribution >= 4 is 40.7 Å². The lowest BCUT2D eigenvalue weighted by Gasteiger charge is -2.27. The second-order valence-electron chi connectivity index (χ2n) is 10.6. The van der Waals surface area contributed by atoms with Crippen LogP contribution in [-0.4, -0.2) is 40.4 Å². The van der Waals surface area contributed by atoms with Crippen molar-refractivity contribution in [2.24, 2.45) is 23.7 Å². The molecule has 1 aliphatic heterocycles. The maximum absolute atomic E-state index is 13.4. The highest BCUT2D eigenvalue weighted by Crippen LogP contribution is 2.24. The van der Waals surface area contributed by atoms with Crippen molar-refractivity contribution in [2.75, 3.05) is 0 Å². The van der Waals surface area contributed by atoms with Gasteiger partial charge in [0, 0.05) is 17.2 Å². The molecular formula is C29H37N3O6S. The van der Waals surface area contributed by atoms with Crippen LogP contribution in [0.25, 0.3) is 0 Å². The highest BCUT2D eigenvalue weighted by molar-refractivity contribution is 7.09. The molecule has 0 bridgehead atoms. The van der Waals surface area contributed by atoms with E-state index in [1.54, 1.807) is 5.51 Å². The number of esters is 1. The van der Waals surface area contributed by atoms with Crippen molar-refractivity contribution in [3.63, 3.8) is 0 Å². The first-order valence-corrected chi connectivity index (χ1v) is 14.2. The van der Waals surface area contributed by atoms with E-state index in [1.165, 1.54) is 11.3 Å². The van der Waals surface area contributed by atoms with Crippen LogP contribution in [0.15, 0.2) is 35.8 Å². The van der Waals surface area contributed by atoms with E-state index in [-0.39, 0.29) is 43.6 Å². The van der Waals surface area contributed by atoms with Gasteiger partial charge in [-0.15, -0.1) is 11.3 Å². The number of nitrogens with zero attached hydrogens (tertiary/aromatic N) is 1. The van der Waals surface area contributed by atoms with Gasteiger partial charge in [0.1, 0.15) is 6.61 Å². The van der Waals surface area contributed by atoms with Crippen molar-refractivity contribution in [1.82, 2.24) is 15.6 Å². The molecular weight excluding hydrogens is 518 g/mol. The van der Waals surface area contributed by atoms with Gasteiger partial charge in [-0.1, -0.05) is 58.0 Å². The van der Waals surface area contributed by atoms with Crippen LogP contribution in [0.1, 0.15) is 63.1 Å². The van der Waals surface area contributed by atoms with Crippen LogP contribution in [0.2, 0.25) is 0 Å². The Hall–Kier alpha value is -3.40. The number of thiazole rings is 1. The summed E-state index contributed by atoms with van der Waals surface area (Å²) in [6.07, 6.45) is 0.606. The number of nitrogens with one attached hydrogen (secondary N) is 2. The molecule has 0 saturated carbocycles. The van der Waals surface area contributed by atoms with Crippen LogP contribution in [0.3, 0.4) is 0 Å². The number of fused-ring (bicyclic) bond motifs is 1. The zero-order valence-electron chi connectivity index (χ0n) is 22.9. The molecule has 2 aromatic rings. The summed E-state index contributed by atoms with van der Waals surface area (Å²) in [4.78, 5) is 69.7. The van der Waals surface area contributed by atoms with E-state index in [2.05, 4.69) is 15.6 Å². The average Bonchev–Trinajstić information content (AvgIpc) is 3.37. The molecule has 2 N–H and O–H groups in total. The number of aryl methyl sites for hydroxylation is 1. The molecule has 0 aliphatic carbocycles. The van der Waals surface area contributed by atoms with Crippen LogP contribution in [0, 0.1) is 23.7 Å². The Morgan fingerprint density at radius 2 is 1.82 bits per heavy atom. The summed E-state index contributed by atoms with van der Waals surface area (Å²) in [6, 6.07) is 8.41. The number of rotatable bonds is 11. The Kier molecular flexibility index (Phi) is 10.9. The van der Waals surface area contributed by atoms with Gasteiger partial charge in [0.2, 0.25) is 11.7 Å². The lowest BCUT2D eigenvalue weighted by Crippen LogP contribution is -2.49. The Morgan fingerprint density at radius 1 is 1.10 bits per heavy atom. The van der Waals surface area contributed by atoms with Gasteiger partial charge in [0.25, 0.3) is 5.91 Å². The number of hydrogen-bond donors (Lipinski definition) is 2. The lowest BCUT2D eigenvalue weighted by atomic mass is 9.86. The normalized spacial score (nSPS) is 17.3. The van der Waals surface area contributed by atoms with Gasteiger partial charge in [-0.3, -0.25) is 24.0 Å².